The molecule has 1 aromatic heterocycles. The molecule has 1 amide bonds. The van der Waals surface area contributed by atoms with Crippen LogP contribution >= 0.6 is 0 Å². The molecular weight excluding hydrogens is 222 g/mol. The van der Waals surface area contributed by atoms with Crippen molar-refractivity contribution >= 4 is 23.5 Å². The molecule has 1 aromatic rings. The summed E-state index contributed by atoms with van der Waals surface area (Å²) in [7, 11) is 0. The van der Waals surface area contributed by atoms with E-state index < -0.39 is 11.9 Å². The Morgan fingerprint density at radius 1 is 1.35 bits per heavy atom. The number of hydrazine groups is 1. The zero-order chi connectivity index (χ0) is 13.0. The van der Waals surface area contributed by atoms with E-state index in [0.717, 1.165) is 0 Å². The van der Waals surface area contributed by atoms with E-state index in [9.17, 15) is 4.79 Å². The number of primary amides is 1. The van der Waals surface area contributed by atoms with Crippen LogP contribution in [-0.2, 0) is 4.79 Å². The molecule has 0 radical (unpaired) electrons. The van der Waals surface area contributed by atoms with Gasteiger partial charge in [-0.2, -0.15) is 9.97 Å². The Morgan fingerprint density at radius 2 is 1.94 bits per heavy atom. The monoisotopic (exact) mass is 239 g/mol. The van der Waals surface area contributed by atoms with Gasteiger partial charge in [-0.05, 0) is 5.92 Å². The van der Waals surface area contributed by atoms with Gasteiger partial charge < -0.3 is 22.2 Å². The highest BCUT2D eigenvalue weighted by Crippen LogP contribution is 2.14. The van der Waals surface area contributed by atoms with E-state index in [1.54, 1.807) is 0 Å². The summed E-state index contributed by atoms with van der Waals surface area (Å²) in [5.74, 6) is 5.59. The highest BCUT2D eigenvalue weighted by molar-refractivity contribution is 5.83. The van der Waals surface area contributed by atoms with Crippen LogP contribution in [0.15, 0.2) is 6.07 Å². The molecule has 0 saturated carbocycles. The molecule has 0 aliphatic rings. The first-order chi connectivity index (χ1) is 7.93. The van der Waals surface area contributed by atoms with Gasteiger partial charge in [-0.25, -0.2) is 5.84 Å². The Morgan fingerprint density at radius 3 is 2.41 bits per heavy atom. The maximum Gasteiger partial charge on any atom is 0.240 e. The lowest BCUT2D eigenvalue weighted by Crippen LogP contribution is -2.39. The molecule has 8 heteroatoms. The molecule has 0 fully saturated rings. The standard InChI is InChI=1S/C9H17N7O/c1-4(2)7(8(10)17)13-5-3-6(16-12)15-9(11)14-5/h3-4,7H,12H2,1-2H3,(H2,10,17)(H4,11,13,14,15,16). The zero-order valence-corrected chi connectivity index (χ0v) is 9.77. The topological polar surface area (TPSA) is 145 Å². The van der Waals surface area contributed by atoms with Gasteiger partial charge in [0.15, 0.2) is 0 Å². The van der Waals surface area contributed by atoms with Gasteiger partial charge in [-0.15, -0.1) is 0 Å². The quantitative estimate of drug-likeness (QED) is 0.336. The molecule has 94 valence electrons. The van der Waals surface area contributed by atoms with Gasteiger partial charge >= 0.3 is 0 Å². The third-order valence-corrected chi connectivity index (χ3v) is 2.17. The van der Waals surface area contributed by atoms with Crippen molar-refractivity contribution < 1.29 is 4.79 Å². The van der Waals surface area contributed by atoms with Crippen LogP contribution in [0.2, 0.25) is 0 Å². The number of nitrogens with one attached hydrogen (secondary N) is 2. The SMILES string of the molecule is CC(C)C(Nc1cc(NN)nc(N)n1)C(N)=O. The van der Waals surface area contributed by atoms with Gasteiger partial charge in [0.2, 0.25) is 11.9 Å². The number of hydrogen-bond acceptors (Lipinski definition) is 7. The minimum absolute atomic E-state index is 0.0259. The van der Waals surface area contributed by atoms with Crippen LogP contribution in [0, 0.1) is 5.92 Å². The lowest BCUT2D eigenvalue weighted by atomic mass is 10.0. The van der Waals surface area contributed by atoms with Crippen molar-refractivity contribution in [2.24, 2.45) is 17.5 Å². The summed E-state index contributed by atoms with van der Waals surface area (Å²) in [6.07, 6.45) is 0. The molecular formula is C9H17N7O. The molecule has 1 unspecified atom stereocenters. The van der Waals surface area contributed by atoms with E-state index in [1.807, 2.05) is 13.8 Å². The summed E-state index contributed by atoms with van der Waals surface area (Å²) in [6, 6.07) is 1.00. The normalized spacial score (nSPS) is 12.2. The Kier molecular flexibility index (Phi) is 4.05. The third-order valence-electron chi connectivity index (χ3n) is 2.17. The number of carbonyl (C=O) groups is 1. The van der Waals surface area contributed by atoms with Crippen molar-refractivity contribution in [3.8, 4) is 0 Å². The first kappa shape index (κ1) is 13.0. The Hall–Kier alpha value is -2.09. The number of hydrogen-bond donors (Lipinski definition) is 5. The van der Waals surface area contributed by atoms with Crippen LogP contribution in [0.5, 0.6) is 0 Å². The first-order valence-corrected chi connectivity index (χ1v) is 5.11. The number of rotatable bonds is 5. The molecule has 1 rings (SSSR count). The average Bonchev–Trinajstić information content (AvgIpc) is 2.24. The second-order valence-corrected chi connectivity index (χ2v) is 3.91. The average molecular weight is 239 g/mol. The van der Waals surface area contributed by atoms with Gasteiger partial charge in [-0.1, -0.05) is 13.8 Å². The molecule has 0 aliphatic carbocycles. The third kappa shape index (κ3) is 3.45. The number of nitrogens with zero attached hydrogens (tertiary/aromatic N) is 2. The summed E-state index contributed by atoms with van der Waals surface area (Å²) < 4.78 is 0. The smallest absolute Gasteiger partial charge is 0.240 e. The minimum Gasteiger partial charge on any atom is -0.368 e. The van der Waals surface area contributed by atoms with Crippen LogP contribution in [0.4, 0.5) is 17.6 Å². The number of aromatic nitrogens is 2. The predicted octanol–water partition coefficient (Wildman–Crippen LogP) is -0.734. The van der Waals surface area contributed by atoms with E-state index in [4.69, 9.17) is 17.3 Å². The maximum atomic E-state index is 11.2. The molecule has 8 nitrogen and oxygen atoms in total. The lowest BCUT2D eigenvalue weighted by Gasteiger charge is -2.19. The van der Waals surface area contributed by atoms with Crippen LogP contribution in [0.1, 0.15) is 13.8 Å². The number of nitrogens with two attached hydrogens (primary N) is 3. The van der Waals surface area contributed by atoms with Crippen LogP contribution < -0.4 is 28.1 Å². The highest BCUT2D eigenvalue weighted by Gasteiger charge is 2.19. The number of nitrogen functional groups attached to an aromatic ring is 2. The second kappa shape index (κ2) is 5.30. The van der Waals surface area contributed by atoms with Crippen molar-refractivity contribution in [2.45, 2.75) is 19.9 Å². The minimum atomic E-state index is -0.532. The van der Waals surface area contributed by atoms with Crippen LogP contribution in [0.25, 0.3) is 0 Å². The van der Waals surface area contributed by atoms with E-state index >= 15 is 0 Å². The molecule has 0 spiro atoms. The summed E-state index contributed by atoms with van der Waals surface area (Å²) in [5, 5.41) is 2.89. The number of amides is 1. The fourth-order valence-electron chi connectivity index (χ4n) is 1.34. The molecule has 1 heterocycles. The second-order valence-electron chi connectivity index (χ2n) is 3.91. The highest BCUT2D eigenvalue weighted by atomic mass is 16.1. The maximum absolute atomic E-state index is 11.2. The Balaban J connectivity index is 2.93. The number of carbonyl (C=O) groups excluding carboxylic acids is 1. The van der Waals surface area contributed by atoms with Gasteiger partial charge in [0.05, 0.1) is 0 Å². The fraction of sp³-hybridized carbons (Fsp3) is 0.444. The summed E-state index contributed by atoms with van der Waals surface area (Å²) in [5.41, 5.74) is 13.1. The molecule has 17 heavy (non-hydrogen) atoms. The summed E-state index contributed by atoms with van der Waals surface area (Å²) in [6.45, 7) is 3.74. The molecule has 1 atom stereocenters. The van der Waals surface area contributed by atoms with Crippen molar-refractivity contribution in [1.82, 2.24) is 9.97 Å². The van der Waals surface area contributed by atoms with Gasteiger partial charge in [-0.3, -0.25) is 4.79 Å². The Bertz CT molecular complexity index is 406. The van der Waals surface area contributed by atoms with Gasteiger partial charge in [0.1, 0.15) is 17.7 Å². The zero-order valence-electron chi connectivity index (χ0n) is 9.77. The summed E-state index contributed by atoms with van der Waals surface area (Å²) >= 11 is 0. The van der Waals surface area contributed by atoms with Crippen molar-refractivity contribution in [1.29, 1.82) is 0 Å². The van der Waals surface area contributed by atoms with Gasteiger partial charge in [0.25, 0.3) is 0 Å². The summed E-state index contributed by atoms with van der Waals surface area (Å²) in [4.78, 5) is 19.0. The Labute approximate surface area is 98.9 Å². The number of anilines is 3. The molecule has 0 saturated heterocycles. The largest absolute Gasteiger partial charge is 0.368 e. The molecule has 0 bridgehead atoms. The first-order valence-electron chi connectivity index (χ1n) is 5.11. The van der Waals surface area contributed by atoms with Crippen molar-refractivity contribution in [2.75, 3.05) is 16.5 Å². The van der Waals surface area contributed by atoms with E-state index in [0.29, 0.717) is 11.6 Å². The van der Waals surface area contributed by atoms with Crippen molar-refractivity contribution in [3.63, 3.8) is 0 Å². The fourth-order valence-corrected chi connectivity index (χ4v) is 1.34. The van der Waals surface area contributed by atoms with Crippen molar-refractivity contribution in [3.05, 3.63) is 6.07 Å². The molecule has 0 aliphatic heterocycles. The lowest BCUT2D eigenvalue weighted by molar-refractivity contribution is -0.119. The van der Waals surface area contributed by atoms with Gasteiger partial charge in [0, 0.05) is 6.07 Å². The van der Waals surface area contributed by atoms with E-state index in [2.05, 4.69) is 20.7 Å². The molecule has 0 aromatic carbocycles. The van der Waals surface area contributed by atoms with E-state index in [-0.39, 0.29) is 11.9 Å². The predicted molar refractivity (Wildman–Crippen MR) is 65.7 cm³/mol. The van der Waals surface area contributed by atoms with Crippen LogP contribution in [0.3, 0.4) is 0 Å². The van der Waals surface area contributed by atoms with E-state index in [1.165, 1.54) is 6.07 Å². The van der Waals surface area contributed by atoms with Crippen LogP contribution in [-0.4, -0.2) is 21.9 Å². The molecule has 8 N–H and O–H groups in total.